The third kappa shape index (κ3) is 3.76. The van der Waals surface area contributed by atoms with Gasteiger partial charge in [-0.05, 0) is 18.2 Å². The molecule has 2 aromatic carbocycles. The van der Waals surface area contributed by atoms with Gasteiger partial charge in [0.15, 0.2) is 0 Å². The minimum absolute atomic E-state index is 0.260. The summed E-state index contributed by atoms with van der Waals surface area (Å²) >= 11 is 1.14. The Balaban J connectivity index is 1.61. The number of esters is 1. The zero-order chi connectivity index (χ0) is 19.5. The lowest BCUT2D eigenvalue weighted by Crippen LogP contribution is -2.44. The molecule has 0 spiro atoms. The molecule has 7 heteroatoms. The quantitative estimate of drug-likeness (QED) is 0.627. The molecule has 1 aliphatic heterocycles. The van der Waals surface area contributed by atoms with Crippen molar-refractivity contribution in [3.05, 3.63) is 70.9 Å². The maximum Gasteiger partial charge on any atom is 0.349 e. The number of amides is 1. The fourth-order valence-corrected chi connectivity index (χ4v) is 4.09. The summed E-state index contributed by atoms with van der Waals surface area (Å²) in [6.45, 7) is 1.81. The Morgan fingerprint density at radius 1 is 1.07 bits per heavy atom. The molecule has 1 fully saturated rings. The van der Waals surface area contributed by atoms with Gasteiger partial charge in [0.2, 0.25) is 6.10 Å². The molecule has 0 unspecified atom stereocenters. The molecular weight excluding hydrogens is 381 g/mol. The monoisotopic (exact) mass is 399 g/mol. The summed E-state index contributed by atoms with van der Waals surface area (Å²) < 4.78 is 25.5. The number of carbonyl (C=O) groups is 2. The first-order chi connectivity index (χ1) is 13.6. The first kappa shape index (κ1) is 18.6. The topological polar surface area (TPSA) is 55.8 Å². The number of hydrogen-bond donors (Lipinski definition) is 0. The van der Waals surface area contributed by atoms with E-state index in [1.165, 1.54) is 12.1 Å². The van der Waals surface area contributed by atoms with Gasteiger partial charge < -0.3 is 14.4 Å². The average Bonchev–Trinajstić information content (AvgIpc) is 3.19. The van der Waals surface area contributed by atoms with Gasteiger partial charge in [-0.1, -0.05) is 36.4 Å². The first-order valence-corrected chi connectivity index (χ1v) is 9.75. The Hall–Kier alpha value is -2.77. The highest BCUT2D eigenvalue weighted by molar-refractivity contribution is 7.20. The SMILES string of the molecule is O=C(O[C@@H](C(=O)N1CCOCC1)c1ccccc1)c1cc2c(F)cccc2s1. The molecule has 2 heterocycles. The van der Waals surface area contributed by atoms with E-state index in [2.05, 4.69) is 0 Å². The van der Waals surface area contributed by atoms with E-state index in [0.29, 0.717) is 42.0 Å². The number of ether oxygens (including phenoxy) is 2. The van der Waals surface area contributed by atoms with Crippen LogP contribution in [0.3, 0.4) is 0 Å². The Labute approximate surface area is 165 Å². The molecule has 1 aliphatic rings. The summed E-state index contributed by atoms with van der Waals surface area (Å²) in [5, 5.41) is 0.371. The van der Waals surface area contributed by atoms with Gasteiger partial charge in [0.05, 0.1) is 13.2 Å². The van der Waals surface area contributed by atoms with Crippen LogP contribution in [0.2, 0.25) is 0 Å². The van der Waals surface area contributed by atoms with Gasteiger partial charge in [-0.3, -0.25) is 4.79 Å². The number of fused-ring (bicyclic) bond motifs is 1. The van der Waals surface area contributed by atoms with Crippen LogP contribution < -0.4 is 0 Å². The molecule has 4 rings (SSSR count). The lowest BCUT2D eigenvalue weighted by Gasteiger charge is -2.30. The molecular formula is C21H18FNO4S. The van der Waals surface area contributed by atoms with Crippen molar-refractivity contribution in [1.29, 1.82) is 0 Å². The summed E-state index contributed by atoms with van der Waals surface area (Å²) in [5.41, 5.74) is 0.597. The number of halogens is 1. The Bertz CT molecular complexity index is 998. The minimum atomic E-state index is -1.05. The highest BCUT2D eigenvalue weighted by Crippen LogP contribution is 2.30. The summed E-state index contributed by atoms with van der Waals surface area (Å²) in [5.74, 6) is -1.32. The van der Waals surface area contributed by atoms with Crippen LogP contribution in [0.4, 0.5) is 4.39 Å². The van der Waals surface area contributed by atoms with Gasteiger partial charge in [-0.2, -0.15) is 0 Å². The van der Waals surface area contributed by atoms with E-state index >= 15 is 0 Å². The third-order valence-electron chi connectivity index (χ3n) is 4.58. The Morgan fingerprint density at radius 2 is 1.82 bits per heavy atom. The second-order valence-electron chi connectivity index (χ2n) is 6.40. The second-order valence-corrected chi connectivity index (χ2v) is 7.48. The molecule has 0 bridgehead atoms. The van der Waals surface area contributed by atoms with E-state index in [9.17, 15) is 14.0 Å². The van der Waals surface area contributed by atoms with E-state index in [-0.39, 0.29) is 10.8 Å². The van der Waals surface area contributed by atoms with Crippen molar-refractivity contribution in [2.24, 2.45) is 0 Å². The van der Waals surface area contributed by atoms with Gasteiger partial charge in [0, 0.05) is 28.7 Å². The molecule has 0 saturated carbocycles. The van der Waals surface area contributed by atoms with Crippen molar-refractivity contribution in [2.45, 2.75) is 6.10 Å². The smallest absolute Gasteiger partial charge is 0.349 e. The lowest BCUT2D eigenvalue weighted by atomic mass is 10.1. The number of benzene rings is 2. The largest absolute Gasteiger partial charge is 0.443 e. The van der Waals surface area contributed by atoms with Crippen LogP contribution in [0.5, 0.6) is 0 Å². The maximum absolute atomic E-state index is 13.9. The number of nitrogens with zero attached hydrogens (tertiary/aromatic N) is 1. The van der Waals surface area contributed by atoms with Crippen LogP contribution in [0.15, 0.2) is 54.6 Å². The van der Waals surface area contributed by atoms with Gasteiger partial charge in [-0.25, -0.2) is 9.18 Å². The predicted molar refractivity (Wildman–Crippen MR) is 104 cm³/mol. The summed E-state index contributed by atoms with van der Waals surface area (Å²) in [7, 11) is 0. The molecule has 0 aliphatic carbocycles. The van der Waals surface area contributed by atoms with E-state index in [1.54, 1.807) is 41.3 Å². The highest BCUT2D eigenvalue weighted by Gasteiger charge is 2.31. The van der Waals surface area contributed by atoms with E-state index in [0.717, 1.165) is 11.3 Å². The standard InChI is InChI=1S/C21H18FNO4S/c22-16-7-4-8-17-15(16)13-18(28-17)21(25)27-19(14-5-2-1-3-6-14)20(24)23-9-11-26-12-10-23/h1-8,13,19H,9-12H2/t19-/m1/s1. The van der Waals surface area contributed by atoms with Crippen molar-refractivity contribution < 1.29 is 23.5 Å². The maximum atomic E-state index is 13.9. The molecule has 0 N–H and O–H groups in total. The van der Waals surface area contributed by atoms with Crippen molar-refractivity contribution in [3.63, 3.8) is 0 Å². The third-order valence-corrected chi connectivity index (χ3v) is 5.66. The molecule has 1 atom stereocenters. The molecule has 0 radical (unpaired) electrons. The number of rotatable bonds is 4. The lowest BCUT2D eigenvalue weighted by molar-refractivity contribution is -0.145. The van der Waals surface area contributed by atoms with Crippen LogP contribution in [-0.2, 0) is 14.3 Å². The van der Waals surface area contributed by atoms with Crippen LogP contribution in [0, 0.1) is 5.82 Å². The summed E-state index contributed by atoms with van der Waals surface area (Å²) in [6.07, 6.45) is -1.05. The number of morpholine rings is 1. The zero-order valence-electron chi connectivity index (χ0n) is 15.0. The molecule has 5 nitrogen and oxygen atoms in total. The molecule has 28 heavy (non-hydrogen) atoms. The van der Waals surface area contributed by atoms with Gasteiger partial charge in [0.25, 0.3) is 5.91 Å². The number of carbonyl (C=O) groups excluding carboxylic acids is 2. The van der Waals surface area contributed by atoms with Crippen molar-refractivity contribution in [3.8, 4) is 0 Å². The van der Waals surface area contributed by atoms with Gasteiger partial charge in [-0.15, -0.1) is 11.3 Å². The van der Waals surface area contributed by atoms with E-state index in [4.69, 9.17) is 9.47 Å². The summed E-state index contributed by atoms with van der Waals surface area (Å²) in [4.78, 5) is 27.7. The number of hydrogen-bond acceptors (Lipinski definition) is 5. The molecule has 1 aromatic heterocycles. The first-order valence-electron chi connectivity index (χ1n) is 8.94. The molecule has 1 amide bonds. The van der Waals surface area contributed by atoms with Crippen LogP contribution in [0.1, 0.15) is 21.3 Å². The van der Waals surface area contributed by atoms with Crippen LogP contribution in [0.25, 0.3) is 10.1 Å². The van der Waals surface area contributed by atoms with E-state index < -0.39 is 17.9 Å². The zero-order valence-corrected chi connectivity index (χ0v) is 15.8. The van der Waals surface area contributed by atoms with E-state index in [1.807, 2.05) is 6.07 Å². The minimum Gasteiger partial charge on any atom is -0.443 e. The molecule has 144 valence electrons. The molecule has 3 aromatic rings. The average molecular weight is 399 g/mol. The fourth-order valence-electron chi connectivity index (χ4n) is 3.13. The second kappa shape index (κ2) is 8.08. The van der Waals surface area contributed by atoms with Crippen molar-refractivity contribution in [2.75, 3.05) is 26.3 Å². The predicted octanol–water partition coefficient (Wildman–Crippen LogP) is 3.80. The van der Waals surface area contributed by atoms with Gasteiger partial charge in [0.1, 0.15) is 10.7 Å². The summed E-state index contributed by atoms with van der Waals surface area (Å²) in [6, 6.07) is 15.1. The highest BCUT2D eigenvalue weighted by atomic mass is 32.1. The van der Waals surface area contributed by atoms with Crippen LogP contribution >= 0.6 is 11.3 Å². The normalized spacial score (nSPS) is 15.4. The molecule has 1 saturated heterocycles. The Morgan fingerprint density at radius 3 is 2.54 bits per heavy atom. The van der Waals surface area contributed by atoms with Crippen LogP contribution in [-0.4, -0.2) is 43.1 Å². The van der Waals surface area contributed by atoms with Gasteiger partial charge >= 0.3 is 5.97 Å². The number of thiophene rings is 1. The fraction of sp³-hybridized carbons (Fsp3) is 0.238. The van der Waals surface area contributed by atoms with Crippen molar-refractivity contribution >= 4 is 33.3 Å². The Kier molecular flexibility index (Phi) is 5.36. The van der Waals surface area contributed by atoms with Crippen molar-refractivity contribution in [1.82, 2.24) is 4.90 Å².